The maximum Gasteiger partial charge on any atom is 0.312 e. The van der Waals surface area contributed by atoms with E-state index >= 15 is 0 Å². The van der Waals surface area contributed by atoms with Gasteiger partial charge in [0.25, 0.3) is 11.8 Å². The summed E-state index contributed by atoms with van der Waals surface area (Å²) in [7, 11) is 0. The van der Waals surface area contributed by atoms with Crippen molar-refractivity contribution in [2.45, 2.75) is 68.5 Å². The molecular formula is C22H27BrN2O4S. The molecule has 0 saturated heterocycles. The van der Waals surface area contributed by atoms with E-state index < -0.39 is 17.2 Å². The molecule has 6 rings (SSSR count). The normalized spacial score (nSPS) is 33.8. The fourth-order valence-electron chi connectivity index (χ4n) is 6.75. The Morgan fingerprint density at radius 3 is 2.50 bits per heavy atom. The number of carbonyl (C=O) groups excluding carboxylic acids is 3. The number of primary amides is 1. The van der Waals surface area contributed by atoms with Crippen LogP contribution in [-0.2, 0) is 27.2 Å². The van der Waals surface area contributed by atoms with Crippen molar-refractivity contribution in [1.82, 2.24) is 0 Å². The number of ether oxygens (including phenoxy) is 1. The second kappa shape index (κ2) is 7.33. The molecule has 1 aromatic heterocycles. The lowest BCUT2D eigenvalue weighted by Gasteiger charge is -2.58. The molecule has 30 heavy (non-hydrogen) atoms. The van der Waals surface area contributed by atoms with Gasteiger partial charge in [0, 0.05) is 9.20 Å². The van der Waals surface area contributed by atoms with Crippen LogP contribution in [0.5, 0.6) is 0 Å². The monoisotopic (exact) mass is 494 g/mol. The van der Waals surface area contributed by atoms with Gasteiger partial charge in [0.15, 0.2) is 6.61 Å². The number of thiophene rings is 1. The Morgan fingerprint density at radius 2 is 1.83 bits per heavy atom. The molecule has 4 bridgehead atoms. The van der Waals surface area contributed by atoms with Crippen molar-refractivity contribution in [3.8, 4) is 0 Å². The van der Waals surface area contributed by atoms with E-state index in [1.54, 1.807) is 0 Å². The Morgan fingerprint density at radius 1 is 1.13 bits per heavy atom. The summed E-state index contributed by atoms with van der Waals surface area (Å²) in [5.41, 5.74) is 6.54. The average molecular weight is 495 g/mol. The second-order valence-corrected chi connectivity index (χ2v) is 12.6. The average Bonchev–Trinajstić information content (AvgIpc) is 3.02. The molecule has 0 unspecified atom stereocenters. The van der Waals surface area contributed by atoms with E-state index in [4.69, 9.17) is 10.5 Å². The van der Waals surface area contributed by atoms with Crippen LogP contribution >= 0.6 is 27.3 Å². The van der Waals surface area contributed by atoms with E-state index in [2.05, 4.69) is 21.2 Å². The first kappa shape index (κ1) is 20.5. The zero-order chi connectivity index (χ0) is 21.1. The molecule has 0 spiro atoms. The first-order valence-electron chi connectivity index (χ1n) is 10.9. The lowest BCUT2D eigenvalue weighted by Crippen LogP contribution is -2.56. The molecule has 162 valence electrons. The van der Waals surface area contributed by atoms with Crippen molar-refractivity contribution < 1.29 is 19.1 Å². The number of esters is 1. The summed E-state index contributed by atoms with van der Waals surface area (Å²) < 4.78 is 5.59. The predicted molar refractivity (Wildman–Crippen MR) is 118 cm³/mol. The summed E-state index contributed by atoms with van der Waals surface area (Å²) in [5.74, 6) is -0.0260. The van der Waals surface area contributed by atoms with Crippen LogP contribution in [0.1, 0.15) is 72.2 Å². The Labute approximate surface area is 188 Å². The number of aryl methyl sites for hydroxylation is 1. The summed E-state index contributed by atoms with van der Waals surface area (Å²) >= 11 is 5.33. The third-order valence-corrected chi connectivity index (χ3v) is 9.56. The number of carbonyl (C=O) groups is 3. The molecule has 3 N–H and O–H groups in total. The van der Waals surface area contributed by atoms with Crippen LogP contribution in [-0.4, -0.2) is 28.7 Å². The van der Waals surface area contributed by atoms with Crippen LogP contribution in [0, 0.1) is 17.3 Å². The Hall–Kier alpha value is -1.41. The van der Waals surface area contributed by atoms with Gasteiger partial charge in [0.05, 0.1) is 11.0 Å². The van der Waals surface area contributed by atoms with Gasteiger partial charge < -0.3 is 15.8 Å². The number of halogens is 1. The van der Waals surface area contributed by atoms with Crippen LogP contribution in [0.4, 0.5) is 5.00 Å². The SMILES string of the molecule is NC(=O)c1c(NC(=O)COC(=O)C23C[C@H]4C[C@@H](CC(Br)(C4)C2)C3)sc2c1CCCC2. The maximum atomic E-state index is 13.0. The number of hydrogen-bond acceptors (Lipinski definition) is 5. The van der Waals surface area contributed by atoms with Crippen molar-refractivity contribution in [1.29, 1.82) is 0 Å². The minimum Gasteiger partial charge on any atom is -0.455 e. The lowest BCUT2D eigenvalue weighted by molar-refractivity contribution is -0.170. The molecular weight excluding hydrogens is 468 g/mol. The minimum atomic E-state index is -0.516. The quantitative estimate of drug-likeness (QED) is 0.478. The van der Waals surface area contributed by atoms with Gasteiger partial charge >= 0.3 is 5.97 Å². The fourth-order valence-corrected chi connectivity index (χ4v) is 9.51. The van der Waals surface area contributed by atoms with Crippen molar-refractivity contribution in [2.24, 2.45) is 23.0 Å². The fraction of sp³-hybridized carbons (Fsp3) is 0.682. The highest BCUT2D eigenvalue weighted by molar-refractivity contribution is 9.10. The summed E-state index contributed by atoms with van der Waals surface area (Å²) in [4.78, 5) is 38.7. The van der Waals surface area contributed by atoms with E-state index in [1.807, 2.05) is 0 Å². The van der Waals surface area contributed by atoms with E-state index in [-0.39, 0.29) is 16.9 Å². The van der Waals surface area contributed by atoms with E-state index in [1.165, 1.54) is 17.8 Å². The molecule has 5 aliphatic rings. The first-order valence-corrected chi connectivity index (χ1v) is 12.5. The number of alkyl halides is 1. The molecule has 4 fully saturated rings. The van der Waals surface area contributed by atoms with Gasteiger partial charge in [-0.25, -0.2) is 0 Å². The Kier molecular flexibility index (Phi) is 5.01. The van der Waals surface area contributed by atoms with Gasteiger partial charge in [-0.15, -0.1) is 11.3 Å². The second-order valence-electron chi connectivity index (χ2n) is 9.80. The van der Waals surface area contributed by atoms with Crippen molar-refractivity contribution in [3.63, 3.8) is 0 Å². The number of fused-ring (bicyclic) bond motifs is 1. The van der Waals surface area contributed by atoms with Gasteiger partial charge in [0.2, 0.25) is 0 Å². The predicted octanol–water partition coefficient (Wildman–Crippen LogP) is 3.94. The summed E-state index contributed by atoms with van der Waals surface area (Å²) in [6, 6.07) is 0. The van der Waals surface area contributed by atoms with E-state index in [9.17, 15) is 14.4 Å². The first-order chi connectivity index (χ1) is 14.3. The van der Waals surface area contributed by atoms with Gasteiger partial charge in [-0.2, -0.15) is 0 Å². The minimum absolute atomic E-state index is 0.0603. The maximum absolute atomic E-state index is 13.0. The van der Waals surface area contributed by atoms with Gasteiger partial charge in [-0.1, -0.05) is 15.9 Å². The zero-order valence-corrected chi connectivity index (χ0v) is 19.3. The van der Waals surface area contributed by atoms with Crippen LogP contribution in [0.15, 0.2) is 0 Å². The molecule has 4 saturated carbocycles. The highest BCUT2D eigenvalue weighted by Crippen LogP contribution is 2.64. The summed E-state index contributed by atoms with van der Waals surface area (Å²) in [6.45, 7) is -0.327. The third-order valence-electron chi connectivity index (χ3n) is 7.43. The van der Waals surface area contributed by atoms with E-state index in [0.717, 1.165) is 68.2 Å². The molecule has 1 aromatic rings. The number of rotatable bonds is 5. The molecule has 2 amide bonds. The number of amides is 2. The van der Waals surface area contributed by atoms with Gasteiger partial charge in [0.1, 0.15) is 5.00 Å². The number of anilines is 1. The lowest BCUT2D eigenvalue weighted by atomic mass is 9.49. The molecule has 8 heteroatoms. The zero-order valence-electron chi connectivity index (χ0n) is 16.9. The molecule has 0 aromatic carbocycles. The number of hydrogen-bond donors (Lipinski definition) is 2. The summed E-state index contributed by atoms with van der Waals surface area (Å²) in [5, 5.41) is 3.27. The topological polar surface area (TPSA) is 98.5 Å². The molecule has 0 radical (unpaired) electrons. The van der Waals surface area contributed by atoms with Gasteiger partial charge in [-0.3, -0.25) is 14.4 Å². The van der Waals surface area contributed by atoms with Crippen molar-refractivity contribution >= 4 is 50.1 Å². The smallest absolute Gasteiger partial charge is 0.312 e. The number of nitrogens with one attached hydrogen (secondary N) is 1. The van der Waals surface area contributed by atoms with E-state index in [0.29, 0.717) is 22.4 Å². The van der Waals surface area contributed by atoms with Crippen LogP contribution in [0.3, 0.4) is 0 Å². The van der Waals surface area contributed by atoms with Gasteiger partial charge in [-0.05, 0) is 81.6 Å². The highest BCUT2D eigenvalue weighted by atomic mass is 79.9. The molecule has 0 aliphatic heterocycles. The van der Waals surface area contributed by atoms with Crippen LogP contribution < -0.4 is 11.1 Å². The Balaban J connectivity index is 1.25. The molecule has 1 heterocycles. The van der Waals surface area contributed by atoms with Crippen LogP contribution in [0.25, 0.3) is 0 Å². The van der Waals surface area contributed by atoms with Crippen molar-refractivity contribution in [3.05, 3.63) is 16.0 Å². The molecule has 6 nitrogen and oxygen atoms in total. The Bertz CT molecular complexity index is 912. The highest BCUT2D eigenvalue weighted by Gasteiger charge is 2.60. The number of nitrogens with two attached hydrogens (primary N) is 1. The standard InChI is InChI=1S/C22H27BrN2O4S/c23-22-8-12-5-13(9-22)7-21(6-12,11-22)20(28)29-10-16(26)25-19-17(18(24)27)14-3-1-2-4-15(14)30-19/h12-13H,1-11H2,(H2,24,27)(H,25,26)/t12-,13-,21?,22?/m1/s1. The largest absolute Gasteiger partial charge is 0.455 e. The molecule has 5 aliphatic carbocycles. The van der Waals surface area contributed by atoms with Crippen LogP contribution in [0.2, 0.25) is 0 Å². The molecule has 2 atom stereocenters. The van der Waals surface area contributed by atoms with Crippen molar-refractivity contribution in [2.75, 3.05) is 11.9 Å². The third kappa shape index (κ3) is 3.49. The summed E-state index contributed by atoms with van der Waals surface area (Å²) in [6.07, 6.45) is 9.86.